The Bertz CT molecular complexity index is 587. The maximum absolute atomic E-state index is 12.8. The molecule has 5 nitrogen and oxygen atoms in total. The van der Waals surface area contributed by atoms with Gasteiger partial charge in [-0.3, -0.25) is 4.79 Å². The Kier molecular flexibility index (Phi) is 5.63. The fourth-order valence-corrected chi connectivity index (χ4v) is 5.98. The Morgan fingerprint density at radius 1 is 1.25 bits per heavy atom. The van der Waals surface area contributed by atoms with Crippen molar-refractivity contribution in [2.45, 2.75) is 56.6 Å². The Morgan fingerprint density at radius 2 is 2.08 bits per heavy atom. The first-order valence-electron chi connectivity index (χ1n) is 8.00. The van der Waals surface area contributed by atoms with Gasteiger partial charge in [-0.1, -0.05) is 28.0 Å². The number of amides is 1. The second kappa shape index (κ2) is 7.55. The molecule has 24 heavy (non-hydrogen) atoms. The lowest BCUT2D eigenvalue weighted by Gasteiger charge is -2.28. The number of rotatable bonds is 5. The average molecular weight is 380 g/mol. The highest BCUT2D eigenvalue weighted by Gasteiger charge is 2.39. The zero-order valence-electron chi connectivity index (χ0n) is 13.1. The zero-order valence-corrected chi connectivity index (χ0v) is 14.7. The van der Waals surface area contributed by atoms with Gasteiger partial charge in [-0.05, 0) is 19.3 Å². The Hall–Kier alpha value is -0.900. The van der Waals surface area contributed by atoms with Crippen LogP contribution in [0.4, 0.5) is 13.2 Å². The van der Waals surface area contributed by atoms with Crippen LogP contribution < -0.4 is 0 Å². The van der Waals surface area contributed by atoms with Gasteiger partial charge in [0, 0.05) is 30.5 Å². The molecule has 134 valence electrons. The summed E-state index contributed by atoms with van der Waals surface area (Å²) in [4.78, 5) is 13.8. The zero-order chi connectivity index (χ0) is 17.2. The normalized spacial score (nSPS) is 21.1. The van der Waals surface area contributed by atoms with E-state index >= 15 is 0 Å². The fraction of sp³-hybridized carbons (Fsp3) is 0.786. The lowest BCUT2D eigenvalue weighted by atomic mass is 10.1. The molecule has 1 fully saturated rings. The molecule has 0 spiro atoms. The van der Waals surface area contributed by atoms with Gasteiger partial charge >= 0.3 is 6.18 Å². The summed E-state index contributed by atoms with van der Waals surface area (Å²) in [5.74, 6) is 0.437. The van der Waals surface area contributed by atoms with Crippen LogP contribution in [0, 0.1) is 0 Å². The standard InChI is InChI=1S/C14H19F3N4OS2/c15-14(16,17)13-19-18-11-9-20(6-7-21(11)13)12(22)4-2-1-3-10-5-8-23-24-10/h10H,1-9H2/t10-/m1/s1. The molecule has 2 aliphatic rings. The molecule has 0 N–H and O–H groups in total. The van der Waals surface area contributed by atoms with E-state index in [0.717, 1.165) is 23.8 Å². The van der Waals surface area contributed by atoms with Gasteiger partial charge in [-0.15, -0.1) is 10.2 Å². The van der Waals surface area contributed by atoms with Crippen molar-refractivity contribution in [3.05, 3.63) is 11.6 Å². The molecular weight excluding hydrogens is 361 g/mol. The van der Waals surface area contributed by atoms with E-state index in [9.17, 15) is 18.0 Å². The van der Waals surface area contributed by atoms with Crippen LogP contribution >= 0.6 is 21.6 Å². The van der Waals surface area contributed by atoms with Gasteiger partial charge in [-0.2, -0.15) is 13.2 Å². The summed E-state index contributed by atoms with van der Waals surface area (Å²) in [6, 6.07) is 0. The SMILES string of the molecule is O=C(CCCC[C@@H]1CCSS1)N1CCn2c(nnc2C(F)(F)F)C1. The minimum atomic E-state index is -4.51. The van der Waals surface area contributed by atoms with Crippen molar-refractivity contribution >= 4 is 27.5 Å². The van der Waals surface area contributed by atoms with Gasteiger partial charge in [0.25, 0.3) is 0 Å². The highest BCUT2D eigenvalue weighted by Crippen LogP contribution is 2.40. The Labute approximate surface area is 146 Å². The van der Waals surface area contributed by atoms with Crippen LogP contribution in [-0.4, -0.2) is 43.1 Å². The monoisotopic (exact) mass is 380 g/mol. The van der Waals surface area contributed by atoms with Gasteiger partial charge in [0.15, 0.2) is 5.82 Å². The van der Waals surface area contributed by atoms with Gasteiger partial charge in [-0.25, -0.2) is 0 Å². The summed E-state index contributed by atoms with van der Waals surface area (Å²) in [6.45, 7) is 0.484. The highest BCUT2D eigenvalue weighted by molar-refractivity contribution is 8.77. The number of alkyl halides is 3. The maximum atomic E-state index is 12.8. The summed E-state index contributed by atoms with van der Waals surface area (Å²) in [5.41, 5.74) is 0. The van der Waals surface area contributed by atoms with Gasteiger partial charge in [0.2, 0.25) is 11.7 Å². The highest BCUT2D eigenvalue weighted by atomic mass is 33.1. The third-order valence-corrected chi connectivity index (χ3v) is 7.26. The van der Waals surface area contributed by atoms with E-state index < -0.39 is 12.0 Å². The van der Waals surface area contributed by atoms with Gasteiger partial charge < -0.3 is 9.47 Å². The Morgan fingerprint density at radius 3 is 2.79 bits per heavy atom. The quantitative estimate of drug-likeness (QED) is 0.579. The van der Waals surface area contributed by atoms with Gasteiger partial charge in [0.1, 0.15) is 0 Å². The summed E-state index contributed by atoms with van der Waals surface area (Å²) < 4.78 is 39.4. The molecule has 1 aromatic heterocycles. The van der Waals surface area contributed by atoms with Crippen molar-refractivity contribution in [2.24, 2.45) is 0 Å². The predicted octanol–water partition coefficient (Wildman–Crippen LogP) is 3.35. The van der Waals surface area contributed by atoms with Crippen molar-refractivity contribution in [1.29, 1.82) is 0 Å². The number of halogens is 3. The summed E-state index contributed by atoms with van der Waals surface area (Å²) in [6.07, 6.45) is 0.170. The first-order chi connectivity index (χ1) is 11.4. The third kappa shape index (κ3) is 4.19. The van der Waals surface area contributed by atoms with Crippen molar-refractivity contribution in [3.63, 3.8) is 0 Å². The maximum Gasteiger partial charge on any atom is 0.451 e. The molecule has 2 aliphatic heterocycles. The van der Waals surface area contributed by atoms with Crippen LogP contribution in [0.25, 0.3) is 0 Å². The predicted molar refractivity (Wildman–Crippen MR) is 87.4 cm³/mol. The summed E-state index contributed by atoms with van der Waals surface area (Å²) in [5, 5.41) is 7.53. The minimum Gasteiger partial charge on any atom is -0.333 e. The Balaban J connectivity index is 1.46. The molecule has 3 rings (SSSR count). The van der Waals surface area contributed by atoms with Crippen LogP contribution in [0.5, 0.6) is 0 Å². The molecule has 0 bridgehead atoms. The average Bonchev–Trinajstić information content (AvgIpc) is 3.19. The molecule has 0 aromatic carbocycles. The molecule has 1 atom stereocenters. The molecule has 10 heteroatoms. The number of aromatic nitrogens is 3. The fourth-order valence-electron chi connectivity index (χ4n) is 2.95. The number of hydrogen-bond acceptors (Lipinski definition) is 5. The molecule has 0 aliphatic carbocycles. The molecule has 3 heterocycles. The van der Waals surface area contributed by atoms with Crippen molar-refractivity contribution in [2.75, 3.05) is 12.3 Å². The van der Waals surface area contributed by atoms with E-state index in [0.29, 0.717) is 11.7 Å². The lowest BCUT2D eigenvalue weighted by molar-refractivity contribution is -0.148. The molecule has 1 saturated heterocycles. The van der Waals surface area contributed by atoms with Crippen molar-refractivity contribution < 1.29 is 18.0 Å². The number of fused-ring (bicyclic) bond motifs is 1. The van der Waals surface area contributed by atoms with Crippen molar-refractivity contribution in [3.8, 4) is 0 Å². The van der Waals surface area contributed by atoms with E-state index in [-0.39, 0.29) is 31.4 Å². The van der Waals surface area contributed by atoms with Crippen molar-refractivity contribution in [1.82, 2.24) is 19.7 Å². The molecule has 0 radical (unpaired) electrons. The number of carbonyl (C=O) groups excluding carboxylic acids is 1. The summed E-state index contributed by atoms with van der Waals surface area (Å²) >= 11 is 0. The van der Waals surface area contributed by atoms with Crippen LogP contribution in [0.1, 0.15) is 43.8 Å². The number of unbranched alkanes of at least 4 members (excludes halogenated alkanes) is 1. The van der Waals surface area contributed by atoms with Crippen LogP contribution in [0.15, 0.2) is 0 Å². The van der Waals surface area contributed by atoms with E-state index in [1.165, 1.54) is 12.2 Å². The lowest BCUT2D eigenvalue weighted by Crippen LogP contribution is -2.39. The van der Waals surface area contributed by atoms with Crippen LogP contribution in [0.2, 0.25) is 0 Å². The largest absolute Gasteiger partial charge is 0.451 e. The smallest absolute Gasteiger partial charge is 0.333 e. The molecule has 0 unspecified atom stereocenters. The van der Waals surface area contributed by atoms with E-state index in [4.69, 9.17) is 0 Å². The molecular formula is C14H19F3N4OS2. The van der Waals surface area contributed by atoms with E-state index in [2.05, 4.69) is 10.2 Å². The van der Waals surface area contributed by atoms with Gasteiger partial charge in [0.05, 0.1) is 6.54 Å². The van der Waals surface area contributed by atoms with Crippen LogP contribution in [0.3, 0.4) is 0 Å². The second-order valence-electron chi connectivity index (χ2n) is 5.98. The van der Waals surface area contributed by atoms with E-state index in [1.54, 1.807) is 4.90 Å². The minimum absolute atomic E-state index is 0.00809. The number of nitrogens with zero attached hydrogens (tertiary/aromatic N) is 4. The van der Waals surface area contributed by atoms with Crippen LogP contribution in [-0.2, 0) is 24.1 Å². The number of carbonyl (C=O) groups is 1. The second-order valence-corrected chi connectivity index (χ2v) is 8.77. The topological polar surface area (TPSA) is 51.0 Å². The number of hydrogen-bond donors (Lipinski definition) is 0. The summed E-state index contributed by atoms with van der Waals surface area (Å²) in [7, 11) is 3.85. The first-order valence-corrected chi connectivity index (χ1v) is 10.4. The molecule has 1 amide bonds. The first kappa shape index (κ1) is 17.9. The molecule has 0 saturated carbocycles. The third-order valence-electron chi connectivity index (χ3n) is 4.25. The molecule has 1 aromatic rings. The van der Waals surface area contributed by atoms with E-state index in [1.807, 2.05) is 21.6 Å².